The van der Waals surface area contributed by atoms with Crippen molar-refractivity contribution in [2.75, 3.05) is 0 Å². The van der Waals surface area contributed by atoms with Crippen molar-refractivity contribution in [1.29, 1.82) is 0 Å². The van der Waals surface area contributed by atoms with Gasteiger partial charge in [0.25, 0.3) is 0 Å². The zero-order valence-electron chi connectivity index (χ0n) is 42.4. The highest BCUT2D eigenvalue weighted by molar-refractivity contribution is 6.24. The van der Waals surface area contributed by atoms with Crippen molar-refractivity contribution in [3.05, 3.63) is 324 Å². The molecule has 0 N–H and O–H groups in total. The van der Waals surface area contributed by atoms with Gasteiger partial charge in [0.2, 0.25) is 0 Å². The molecule has 78 heavy (non-hydrogen) atoms. The summed E-state index contributed by atoms with van der Waals surface area (Å²) in [5, 5.41) is 9.29. The van der Waals surface area contributed by atoms with Crippen LogP contribution in [0.5, 0.6) is 0 Å². The minimum Gasteiger partial charge on any atom is -0.456 e. The van der Waals surface area contributed by atoms with Gasteiger partial charge in [-0.15, -0.1) is 0 Å². The Kier molecular flexibility index (Phi) is 9.01. The first kappa shape index (κ1) is 43.2. The van der Waals surface area contributed by atoms with Crippen LogP contribution in [-0.4, -0.2) is 0 Å². The standard InChI is InChI=1S/C76H46O2/c1-5-21-49(22-6-1)75(50-23-7-2-8-24-50)61-35-19-17-33-57(61)71-63(75)40-43-66-73(71)59-39-37-48(46-68(59)78-66)70-55-31-15-13-29-53(55)69(54-30-14-16-32-56(54)70)47-38-42-65-60(45-47)74-67(77-65)44-41-64-72(74)58-34-18-20-36-62(58)76(64,51-25-9-3-10-26-51)52-27-11-4-12-28-52/h1-46H. The van der Waals surface area contributed by atoms with Gasteiger partial charge in [-0.1, -0.05) is 243 Å². The van der Waals surface area contributed by atoms with Crippen LogP contribution in [0.3, 0.4) is 0 Å². The van der Waals surface area contributed by atoms with Crippen LogP contribution in [0.4, 0.5) is 0 Å². The first-order chi connectivity index (χ1) is 38.7. The van der Waals surface area contributed by atoms with E-state index < -0.39 is 10.8 Å². The molecule has 0 aliphatic heterocycles. The number of hydrogen-bond acceptors (Lipinski definition) is 2. The molecule has 17 rings (SSSR count). The molecular formula is C76H46O2. The minimum atomic E-state index is -0.514. The van der Waals surface area contributed by atoms with Crippen LogP contribution in [0.25, 0.3) is 110 Å². The topological polar surface area (TPSA) is 26.3 Å². The van der Waals surface area contributed by atoms with Gasteiger partial charge in [0, 0.05) is 21.5 Å². The van der Waals surface area contributed by atoms with Gasteiger partial charge >= 0.3 is 0 Å². The summed E-state index contributed by atoms with van der Waals surface area (Å²) in [6.07, 6.45) is 0. The molecule has 0 bridgehead atoms. The molecule has 13 aromatic carbocycles. The molecule has 0 saturated heterocycles. The SMILES string of the molecule is c1ccc(C2(c3ccccc3)c3ccccc3-c3c2ccc2oc4cc(-c5c6ccccc6c(-c6ccc7oc8ccc9c(c8c7c6)-c6ccccc6C9(c6ccccc6)c6ccccc6)c6ccccc56)ccc4c32)cc1. The molecule has 0 amide bonds. The molecule has 2 nitrogen and oxygen atoms in total. The molecule has 2 aromatic heterocycles. The molecule has 2 heteroatoms. The Morgan fingerprint density at radius 1 is 0.218 bits per heavy atom. The van der Waals surface area contributed by atoms with Crippen molar-refractivity contribution in [2.24, 2.45) is 0 Å². The quantitative estimate of drug-likeness (QED) is 0.155. The van der Waals surface area contributed by atoms with E-state index in [-0.39, 0.29) is 0 Å². The fraction of sp³-hybridized carbons (Fsp3) is 0.0263. The lowest BCUT2D eigenvalue weighted by Gasteiger charge is -2.33. The Morgan fingerprint density at radius 3 is 1.04 bits per heavy atom. The summed E-state index contributed by atoms with van der Waals surface area (Å²) < 4.78 is 13.9. The van der Waals surface area contributed by atoms with Crippen LogP contribution < -0.4 is 0 Å². The van der Waals surface area contributed by atoms with Crippen molar-refractivity contribution in [2.45, 2.75) is 10.8 Å². The van der Waals surface area contributed by atoms with E-state index in [1.165, 1.54) is 99.4 Å². The molecule has 0 fully saturated rings. The van der Waals surface area contributed by atoms with Gasteiger partial charge in [0.1, 0.15) is 22.3 Å². The fourth-order valence-electron chi connectivity index (χ4n) is 14.7. The third-order valence-electron chi connectivity index (χ3n) is 17.6. The number of hydrogen-bond donors (Lipinski definition) is 0. The van der Waals surface area contributed by atoms with Crippen LogP contribution in [0, 0.1) is 0 Å². The molecule has 362 valence electrons. The highest BCUT2D eigenvalue weighted by Gasteiger charge is 2.48. The van der Waals surface area contributed by atoms with Crippen molar-refractivity contribution in [3.8, 4) is 44.5 Å². The normalized spacial score (nSPS) is 13.8. The van der Waals surface area contributed by atoms with Gasteiger partial charge in [0.05, 0.1) is 10.8 Å². The van der Waals surface area contributed by atoms with E-state index in [9.17, 15) is 0 Å². The first-order valence-electron chi connectivity index (χ1n) is 27.1. The largest absolute Gasteiger partial charge is 0.456 e. The summed E-state index contributed by atoms with van der Waals surface area (Å²) in [7, 11) is 0. The monoisotopic (exact) mass is 990 g/mol. The molecule has 2 aliphatic carbocycles. The average Bonchev–Trinajstić information content (AvgIpc) is 4.38. The predicted molar refractivity (Wildman–Crippen MR) is 321 cm³/mol. The van der Waals surface area contributed by atoms with Gasteiger partial charge in [-0.3, -0.25) is 0 Å². The zero-order valence-corrected chi connectivity index (χ0v) is 42.4. The van der Waals surface area contributed by atoms with Crippen LogP contribution >= 0.6 is 0 Å². The van der Waals surface area contributed by atoms with E-state index >= 15 is 0 Å². The lowest BCUT2D eigenvalue weighted by Crippen LogP contribution is -2.28. The van der Waals surface area contributed by atoms with Crippen molar-refractivity contribution in [1.82, 2.24) is 0 Å². The Labute approximate surface area is 450 Å². The molecule has 0 atom stereocenters. The Hall–Kier alpha value is -10.0. The highest BCUT2D eigenvalue weighted by atomic mass is 16.3. The Balaban J connectivity index is 0.869. The fourth-order valence-corrected chi connectivity index (χ4v) is 14.7. The second kappa shape index (κ2) is 16.2. The van der Waals surface area contributed by atoms with Crippen molar-refractivity contribution in [3.63, 3.8) is 0 Å². The lowest BCUT2D eigenvalue weighted by molar-refractivity contribution is 0.668. The van der Waals surface area contributed by atoms with Crippen LogP contribution in [0.15, 0.2) is 288 Å². The number of rotatable bonds is 6. The van der Waals surface area contributed by atoms with E-state index in [0.29, 0.717) is 0 Å². The van der Waals surface area contributed by atoms with E-state index in [1.54, 1.807) is 0 Å². The minimum absolute atomic E-state index is 0.497. The predicted octanol–water partition coefficient (Wildman–Crippen LogP) is 19.9. The van der Waals surface area contributed by atoms with E-state index in [4.69, 9.17) is 8.83 Å². The molecule has 2 aliphatic rings. The maximum Gasteiger partial charge on any atom is 0.136 e. The Bertz CT molecular complexity index is 4810. The third kappa shape index (κ3) is 5.65. The maximum absolute atomic E-state index is 7.03. The number of furan rings is 2. The summed E-state index contributed by atoms with van der Waals surface area (Å²) in [5.74, 6) is 0. The summed E-state index contributed by atoms with van der Waals surface area (Å²) in [6.45, 7) is 0. The summed E-state index contributed by atoms with van der Waals surface area (Å²) in [4.78, 5) is 0. The van der Waals surface area contributed by atoms with E-state index in [0.717, 1.165) is 55.0 Å². The maximum atomic E-state index is 7.03. The van der Waals surface area contributed by atoms with Gasteiger partial charge < -0.3 is 8.83 Å². The Morgan fingerprint density at radius 2 is 0.577 bits per heavy atom. The second-order valence-electron chi connectivity index (χ2n) is 21.2. The van der Waals surface area contributed by atoms with Gasteiger partial charge in [-0.25, -0.2) is 0 Å². The van der Waals surface area contributed by atoms with Gasteiger partial charge in [-0.05, 0) is 147 Å². The molecule has 0 radical (unpaired) electrons. The average molecular weight is 991 g/mol. The summed E-state index contributed by atoms with van der Waals surface area (Å²) >= 11 is 0. The number of benzene rings is 13. The zero-order chi connectivity index (χ0) is 51.1. The van der Waals surface area contributed by atoms with Gasteiger partial charge in [0.15, 0.2) is 0 Å². The second-order valence-corrected chi connectivity index (χ2v) is 21.2. The number of fused-ring (bicyclic) bond motifs is 16. The van der Waals surface area contributed by atoms with Crippen molar-refractivity contribution >= 4 is 65.4 Å². The summed E-state index contributed by atoms with van der Waals surface area (Å²) in [6, 6.07) is 103. The molecular weight excluding hydrogens is 945 g/mol. The van der Waals surface area contributed by atoms with E-state index in [1.807, 2.05) is 0 Å². The van der Waals surface area contributed by atoms with E-state index in [2.05, 4.69) is 279 Å². The molecule has 0 saturated carbocycles. The third-order valence-corrected chi connectivity index (χ3v) is 17.6. The summed E-state index contributed by atoms with van der Waals surface area (Å²) in [5.41, 5.74) is 22.2. The molecule has 0 unspecified atom stereocenters. The lowest BCUT2D eigenvalue weighted by atomic mass is 9.67. The molecule has 0 spiro atoms. The smallest absolute Gasteiger partial charge is 0.136 e. The van der Waals surface area contributed by atoms with Crippen LogP contribution in [-0.2, 0) is 10.8 Å². The highest BCUT2D eigenvalue weighted by Crippen LogP contribution is 2.61. The molecule has 15 aromatic rings. The van der Waals surface area contributed by atoms with Gasteiger partial charge in [-0.2, -0.15) is 0 Å². The first-order valence-corrected chi connectivity index (χ1v) is 27.1. The van der Waals surface area contributed by atoms with Crippen molar-refractivity contribution < 1.29 is 8.83 Å². The van der Waals surface area contributed by atoms with Crippen LogP contribution in [0.2, 0.25) is 0 Å². The van der Waals surface area contributed by atoms with Crippen LogP contribution in [0.1, 0.15) is 44.5 Å². The molecule has 2 heterocycles.